The Hall–Kier alpha value is -2.51. The predicted molar refractivity (Wildman–Crippen MR) is 106 cm³/mol. The smallest absolute Gasteiger partial charge is 0.272 e. The molecule has 0 N–H and O–H groups in total. The average molecular weight is 382 g/mol. The number of likely N-dealkylation sites (tertiary alicyclic amines) is 1. The van der Waals surface area contributed by atoms with Gasteiger partial charge in [-0.25, -0.2) is 9.97 Å². The standard InChI is InChI=1S/C21H26N4O3/c1-3-25(17-7-5-4-6-8-17)20-22-16(2)15-18(23-20)19(26)24-11-9-21(10-12-24)27-13-14-28-21/h4-8,15H,3,9-14H2,1-2H3. The summed E-state index contributed by atoms with van der Waals surface area (Å²) in [7, 11) is 0. The molecule has 1 aromatic carbocycles. The van der Waals surface area contributed by atoms with Crippen LogP contribution in [0, 0.1) is 6.92 Å². The van der Waals surface area contributed by atoms with E-state index in [1.165, 1.54) is 0 Å². The number of hydrogen-bond acceptors (Lipinski definition) is 6. The number of para-hydroxylation sites is 1. The van der Waals surface area contributed by atoms with Crippen molar-refractivity contribution in [2.24, 2.45) is 0 Å². The van der Waals surface area contributed by atoms with Gasteiger partial charge in [-0.1, -0.05) is 18.2 Å². The lowest BCUT2D eigenvalue weighted by Gasteiger charge is -2.37. The zero-order valence-electron chi connectivity index (χ0n) is 16.4. The fourth-order valence-electron chi connectivity index (χ4n) is 3.83. The molecule has 2 aliphatic rings. The minimum Gasteiger partial charge on any atom is -0.347 e. The highest BCUT2D eigenvalue weighted by Crippen LogP contribution is 2.32. The molecule has 148 valence electrons. The van der Waals surface area contributed by atoms with Crippen LogP contribution in [0.3, 0.4) is 0 Å². The molecule has 0 aliphatic carbocycles. The maximum atomic E-state index is 13.1. The van der Waals surface area contributed by atoms with Crippen molar-refractivity contribution < 1.29 is 14.3 Å². The maximum absolute atomic E-state index is 13.1. The lowest BCUT2D eigenvalue weighted by molar-refractivity contribution is -0.181. The molecule has 3 heterocycles. The van der Waals surface area contributed by atoms with Crippen molar-refractivity contribution in [3.8, 4) is 0 Å². The molecular weight excluding hydrogens is 356 g/mol. The van der Waals surface area contributed by atoms with Gasteiger partial charge in [0, 0.05) is 43.9 Å². The van der Waals surface area contributed by atoms with Gasteiger partial charge >= 0.3 is 0 Å². The van der Waals surface area contributed by atoms with Crippen LogP contribution in [0.1, 0.15) is 35.9 Å². The molecule has 1 aromatic heterocycles. The Balaban J connectivity index is 1.54. The first-order chi connectivity index (χ1) is 13.6. The monoisotopic (exact) mass is 382 g/mol. The van der Waals surface area contributed by atoms with E-state index in [4.69, 9.17) is 9.47 Å². The second-order valence-electron chi connectivity index (χ2n) is 7.17. The Morgan fingerprint density at radius 3 is 2.46 bits per heavy atom. The van der Waals surface area contributed by atoms with Crippen molar-refractivity contribution in [2.75, 3.05) is 37.7 Å². The van der Waals surface area contributed by atoms with E-state index in [0.717, 1.165) is 11.4 Å². The summed E-state index contributed by atoms with van der Waals surface area (Å²) in [6, 6.07) is 11.7. The van der Waals surface area contributed by atoms with Crippen LogP contribution in [0.5, 0.6) is 0 Å². The molecule has 0 radical (unpaired) electrons. The van der Waals surface area contributed by atoms with E-state index in [2.05, 4.69) is 9.97 Å². The third-order valence-corrected chi connectivity index (χ3v) is 5.31. The van der Waals surface area contributed by atoms with E-state index in [-0.39, 0.29) is 5.91 Å². The van der Waals surface area contributed by atoms with Gasteiger partial charge in [-0.05, 0) is 32.0 Å². The Kier molecular flexibility index (Phi) is 5.28. The first-order valence-electron chi connectivity index (χ1n) is 9.86. The summed E-state index contributed by atoms with van der Waals surface area (Å²) in [6.45, 7) is 7.13. The fourth-order valence-corrected chi connectivity index (χ4v) is 3.83. The molecule has 7 heteroatoms. The van der Waals surface area contributed by atoms with Gasteiger partial charge in [0.05, 0.1) is 13.2 Å². The van der Waals surface area contributed by atoms with Crippen molar-refractivity contribution >= 4 is 17.5 Å². The molecule has 4 rings (SSSR count). The molecule has 0 unspecified atom stereocenters. The summed E-state index contributed by atoms with van der Waals surface area (Å²) in [5.41, 5.74) is 2.21. The lowest BCUT2D eigenvalue weighted by Crippen LogP contribution is -2.47. The van der Waals surface area contributed by atoms with Crippen molar-refractivity contribution in [3.63, 3.8) is 0 Å². The molecule has 2 saturated heterocycles. The summed E-state index contributed by atoms with van der Waals surface area (Å²) in [5.74, 6) is -0.00717. The SMILES string of the molecule is CCN(c1ccccc1)c1nc(C)cc(C(=O)N2CCC3(CC2)OCCO3)n1. The average Bonchev–Trinajstić information content (AvgIpc) is 3.17. The molecule has 7 nitrogen and oxygen atoms in total. The van der Waals surface area contributed by atoms with E-state index >= 15 is 0 Å². The van der Waals surface area contributed by atoms with Crippen LogP contribution in [0.25, 0.3) is 0 Å². The first-order valence-corrected chi connectivity index (χ1v) is 9.86. The number of benzene rings is 1. The number of hydrogen-bond donors (Lipinski definition) is 0. The molecule has 0 bridgehead atoms. The van der Waals surface area contributed by atoms with Crippen LogP contribution in [-0.2, 0) is 9.47 Å². The van der Waals surface area contributed by atoms with Crippen molar-refractivity contribution in [2.45, 2.75) is 32.5 Å². The third kappa shape index (κ3) is 3.72. The minimum absolute atomic E-state index is 0.0660. The van der Waals surface area contributed by atoms with Gasteiger partial charge in [-0.2, -0.15) is 0 Å². The molecule has 0 atom stereocenters. The second kappa shape index (κ2) is 7.85. The number of piperidine rings is 1. The molecule has 2 fully saturated rings. The molecule has 2 aromatic rings. The highest BCUT2D eigenvalue weighted by molar-refractivity contribution is 5.92. The van der Waals surface area contributed by atoms with Crippen molar-refractivity contribution in [1.29, 1.82) is 0 Å². The Morgan fingerprint density at radius 1 is 1.14 bits per heavy atom. The lowest BCUT2D eigenvalue weighted by atomic mass is 10.0. The second-order valence-corrected chi connectivity index (χ2v) is 7.17. The van der Waals surface area contributed by atoms with Crippen LogP contribution >= 0.6 is 0 Å². The molecule has 2 aliphatic heterocycles. The number of carbonyl (C=O) groups excluding carboxylic acids is 1. The number of aryl methyl sites for hydroxylation is 1. The molecular formula is C21H26N4O3. The van der Waals surface area contributed by atoms with Crippen molar-refractivity contribution in [3.05, 3.63) is 47.8 Å². The number of rotatable bonds is 4. The number of aromatic nitrogens is 2. The quantitative estimate of drug-likeness (QED) is 0.810. The largest absolute Gasteiger partial charge is 0.347 e. The Morgan fingerprint density at radius 2 is 1.82 bits per heavy atom. The van der Waals surface area contributed by atoms with Gasteiger partial charge in [0.2, 0.25) is 5.95 Å². The number of nitrogens with zero attached hydrogens (tertiary/aromatic N) is 4. The van der Waals surface area contributed by atoms with E-state index in [9.17, 15) is 4.79 Å². The summed E-state index contributed by atoms with van der Waals surface area (Å²) < 4.78 is 11.5. The van der Waals surface area contributed by atoms with Gasteiger partial charge in [-0.3, -0.25) is 4.79 Å². The Labute approximate surface area is 165 Å². The normalized spacial score (nSPS) is 18.4. The molecule has 1 amide bonds. The zero-order valence-corrected chi connectivity index (χ0v) is 16.4. The van der Waals surface area contributed by atoms with E-state index < -0.39 is 5.79 Å². The van der Waals surface area contributed by atoms with Crippen LogP contribution < -0.4 is 4.90 Å². The van der Waals surface area contributed by atoms with Gasteiger partial charge < -0.3 is 19.3 Å². The summed E-state index contributed by atoms with van der Waals surface area (Å²) >= 11 is 0. The minimum atomic E-state index is -0.490. The van der Waals surface area contributed by atoms with Crippen LogP contribution in [0.2, 0.25) is 0 Å². The van der Waals surface area contributed by atoms with Crippen LogP contribution in [-0.4, -0.2) is 59.4 Å². The van der Waals surface area contributed by atoms with Crippen molar-refractivity contribution in [1.82, 2.24) is 14.9 Å². The number of carbonyl (C=O) groups is 1. The van der Waals surface area contributed by atoms with Crippen LogP contribution in [0.15, 0.2) is 36.4 Å². The first kappa shape index (κ1) is 18.8. The van der Waals surface area contributed by atoms with E-state index in [0.29, 0.717) is 57.3 Å². The fraction of sp³-hybridized carbons (Fsp3) is 0.476. The Bertz CT molecular complexity index is 827. The van der Waals surface area contributed by atoms with E-state index in [1.807, 2.05) is 54.0 Å². The topological polar surface area (TPSA) is 67.8 Å². The predicted octanol–water partition coefficient (Wildman–Crippen LogP) is 2.92. The molecule has 1 spiro atoms. The zero-order chi connectivity index (χ0) is 19.6. The van der Waals surface area contributed by atoms with Gasteiger partial charge in [-0.15, -0.1) is 0 Å². The number of ether oxygens (including phenoxy) is 2. The summed E-state index contributed by atoms with van der Waals surface area (Å²) in [4.78, 5) is 26.1. The van der Waals surface area contributed by atoms with Gasteiger partial charge in [0.1, 0.15) is 5.69 Å². The van der Waals surface area contributed by atoms with E-state index in [1.54, 1.807) is 6.07 Å². The van der Waals surface area contributed by atoms with Gasteiger partial charge in [0.25, 0.3) is 5.91 Å². The number of amides is 1. The molecule has 0 saturated carbocycles. The highest BCUT2D eigenvalue weighted by atomic mass is 16.7. The third-order valence-electron chi connectivity index (χ3n) is 5.31. The van der Waals surface area contributed by atoms with Gasteiger partial charge in [0.15, 0.2) is 5.79 Å². The highest BCUT2D eigenvalue weighted by Gasteiger charge is 2.41. The van der Waals surface area contributed by atoms with Crippen LogP contribution in [0.4, 0.5) is 11.6 Å². The summed E-state index contributed by atoms with van der Waals surface area (Å²) in [6.07, 6.45) is 1.39. The number of anilines is 2. The summed E-state index contributed by atoms with van der Waals surface area (Å²) in [5, 5.41) is 0. The maximum Gasteiger partial charge on any atom is 0.272 e. The molecule has 28 heavy (non-hydrogen) atoms.